The smallest absolute Gasteiger partial charge is 0.244 e. The van der Waals surface area contributed by atoms with Crippen LogP contribution in [0.25, 0.3) is 0 Å². The van der Waals surface area contributed by atoms with E-state index in [2.05, 4.69) is 15.1 Å². The second-order valence-corrected chi connectivity index (χ2v) is 6.22. The molecule has 112 valence electrons. The van der Waals surface area contributed by atoms with Gasteiger partial charge in [-0.15, -0.1) is 0 Å². The molecule has 0 saturated carbocycles. The summed E-state index contributed by atoms with van der Waals surface area (Å²) in [6, 6.07) is 12.9. The Bertz CT molecular complexity index is 674. The van der Waals surface area contributed by atoms with E-state index >= 15 is 0 Å². The minimum Gasteiger partial charge on any atom is -0.307 e. The lowest BCUT2D eigenvalue weighted by molar-refractivity contribution is 0.579. The van der Waals surface area contributed by atoms with Gasteiger partial charge < -0.3 is 5.43 Å². The highest BCUT2D eigenvalue weighted by molar-refractivity contribution is 7.89. The number of benzene rings is 1. The average Bonchev–Trinajstić information content (AvgIpc) is 2.52. The molecule has 0 spiro atoms. The predicted molar refractivity (Wildman–Crippen MR) is 82.0 cm³/mol. The van der Waals surface area contributed by atoms with Crippen LogP contribution in [0.15, 0.2) is 53.6 Å². The molecule has 2 aromatic rings. The summed E-state index contributed by atoms with van der Waals surface area (Å²) in [5.74, 6) is 5.41. The number of rotatable bonds is 7. The van der Waals surface area contributed by atoms with E-state index < -0.39 is 10.0 Å². The van der Waals surface area contributed by atoms with Crippen molar-refractivity contribution in [2.24, 2.45) is 5.84 Å². The molecule has 0 aliphatic carbocycles. The Hall–Kier alpha value is -1.96. The lowest BCUT2D eigenvalue weighted by Gasteiger charge is -2.09. The van der Waals surface area contributed by atoms with Crippen molar-refractivity contribution in [3.05, 3.63) is 54.2 Å². The highest BCUT2D eigenvalue weighted by atomic mass is 32.2. The van der Waals surface area contributed by atoms with Crippen LogP contribution in [0.5, 0.6) is 0 Å². The van der Waals surface area contributed by atoms with Crippen molar-refractivity contribution in [1.29, 1.82) is 0 Å². The van der Waals surface area contributed by atoms with Crippen molar-refractivity contribution in [3.63, 3.8) is 0 Å². The monoisotopic (exact) mass is 306 g/mol. The minimum absolute atomic E-state index is 0.0483. The van der Waals surface area contributed by atoms with Crippen molar-refractivity contribution in [2.45, 2.75) is 17.7 Å². The zero-order valence-electron chi connectivity index (χ0n) is 11.5. The van der Waals surface area contributed by atoms with Crippen molar-refractivity contribution >= 4 is 15.8 Å². The summed E-state index contributed by atoms with van der Waals surface area (Å²) in [7, 11) is -3.61. The van der Waals surface area contributed by atoms with Gasteiger partial charge in [0.05, 0.1) is 0 Å². The maximum absolute atomic E-state index is 12.2. The first kappa shape index (κ1) is 15.4. The van der Waals surface area contributed by atoms with Gasteiger partial charge in [-0.1, -0.05) is 30.3 Å². The first-order valence-corrected chi connectivity index (χ1v) is 8.07. The summed E-state index contributed by atoms with van der Waals surface area (Å²) in [4.78, 5) is 3.93. The molecular weight excluding hydrogens is 288 g/mol. The van der Waals surface area contributed by atoms with Gasteiger partial charge in [0.2, 0.25) is 10.0 Å². The molecule has 0 aliphatic heterocycles. The largest absolute Gasteiger partial charge is 0.307 e. The van der Waals surface area contributed by atoms with Gasteiger partial charge in [-0.2, -0.15) is 0 Å². The van der Waals surface area contributed by atoms with Crippen LogP contribution >= 0.6 is 0 Å². The molecule has 1 aromatic carbocycles. The molecule has 0 unspecified atom stereocenters. The molecule has 0 aliphatic rings. The van der Waals surface area contributed by atoms with E-state index in [1.54, 1.807) is 6.07 Å². The van der Waals surface area contributed by atoms with Crippen molar-refractivity contribution < 1.29 is 8.42 Å². The summed E-state index contributed by atoms with van der Waals surface area (Å²) in [6.07, 6.45) is 3.01. The molecule has 6 nitrogen and oxygen atoms in total. The lowest BCUT2D eigenvalue weighted by atomic mass is 10.1. The summed E-state index contributed by atoms with van der Waals surface area (Å²) < 4.78 is 26.9. The topological polar surface area (TPSA) is 97.1 Å². The Labute approximate surface area is 124 Å². The fourth-order valence-electron chi connectivity index (χ4n) is 1.94. The second-order valence-electron chi connectivity index (χ2n) is 4.48. The van der Waals surface area contributed by atoms with E-state index in [1.807, 2.05) is 30.3 Å². The number of nitrogen functional groups attached to an aromatic ring is 1. The molecule has 2 rings (SSSR count). The van der Waals surface area contributed by atoms with Crippen LogP contribution in [-0.2, 0) is 16.4 Å². The van der Waals surface area contributed by atoms with Crippen LogP contribution in [-0.4, -0.2) is 19.9 Å². The Morgan fingerprint density at radius 3 is 2.57 bits per heavy atom. The predicted octanol–water partition coefficient (Wildman–Crippen LogP) is 1.28. The summed E-state index contributed by atoms with van der Waals surface area (Å²) >= 11 is 0. The van der Waals surface area contributed by atoms with Crippen molar-refractivity contribution in [1.82, 2.24) is 9.71 Å². The zero-order valence-corrected chi connectivity index (χ0v) is 12.3. The third-order valence-corrected chi connectivity index (χ3v) is 4.47. The fraction of sp³-hybridized carbons (Fsp3) is 0.214. The average molecular weight is 306 g/mol. The number of hydrazine groups is 1. The highest BCUT2D eigenvalue weighted by Gasteiger charge is 2.18. The van der Waals surface area contributed by atoms with E-state index in [0.717, 1.165) is 12.8 Å². The molecule has 1 aromatic heterocycles. The number of hydrogen-bond donors (Lipinski definition) is 3. The number of aromatic nitrogens is 1. The van der Waals surface area contributed by atoms with Crippen LogP contribution in [0.1, 0.15) is 12.0 Å². The van der Waals surface area contributed by atoms with Gasteiger partial charge in [0.1, 0.15) is 4.90 Å². The third kappa shape index (κ3) is 4.25. The standard InChI is InChI=1S/C14H18N4O2S/c15-18-14-13(9-5-10-16-14)21(19,20)17-11-4-8-12-6-2-1-3-7-12/h1-3,5-7,9-10,17H,4,8,11,15H2,(H,16,18). The van der Waals surface area contributed by atoms with Crippen LogP contribution < -0.4 is 16.0 Å². The number of nitrogens with two attached hydrogens (primary N) is 1. The number of aryl methyl sites for hydroxylation is 1. The molecule has 1 heterocycles. The van der Waals surface area contributed by atoms with Gasteiger partial charge in [-0.05, 0) is 30.5 Å². The summed E-state index contributed by atoms with van der Waals surface area (Å²) in [5.41, 5.74) is 3.47. The summed E-state index contributed by atoms with van der Waals surface area (Å²) in [5, 5.41) is 0. The van der Waals surface area contributed by atoms with Crippen LogP contribution in [0.4, 0.5) is 5.82 Å². The number of nitrogens with one attached hydrogen (secondary N) is 2. The maximum Gasteiger partial charge on any atom is 0.244 e. The molecule has 0 bridgehead atoms. The van der Waals surface area contributed by atoms with Crippen LogP contribution in [0, 0.1) is 0 Å². The van der Waals surface area contributed by atoms with E-state index in [4.69, 9.17) is 5.84 Å². The second kappa shape index (κ2) is 7.16. The van der Waals surface area contributed by atoms with E-state index in [1.165, 1.54) is 17.8 Å². The van der Waals surface area contributed by atoms with Crippen LogP contribution in [0.3, 0.4) is 0 Å². The number of pyridine rings is 1. The van der Waals surface area contributed by atoms with E-state index in [9.17, 15) is 8.42 Å². The maximum atomic E-state index is 12.2. The molecule has 21 heavy (non-hydrogen) atoms. The molecular formula is C14H18N4O2S. The van der Waals surface area contributed by atoms with E-state index in [0.29, 0.717) is 6.54 Å². The third-order valence-electron chi connectivity index (χ3n) is 2.97. The van der Waals surface area contributed by atoms with Gasteiger partial charge in [0.15, 0.2) is 5.82 Å². The molecule has 0 fully saturated rings. The minimum atomic E-state index is -3.61. The quantitative estimate of drug-likeness (QED) is 0.407. The highest BCUT2D eigenvalue weighted by Crippen LogP contribution is 2.16. The van der Waals surface area contributed by atoms with Gasteiger partial charge >= 0.3 is 0 Å². The SMILES string of the molecule is NNc1ncccc1S(=O)(=O)NCCCc1ccccc1. The fourth-order valence-corrected chi connectivity index (χ4v) is 3.13. The summed E-state index contributed by atoms with van der Waals surface area (Å²) in [6.45, 7) is 0.357. The Morgan fingerprint density at radius 1 is 1.10 bits per heavy atom. The Kier molecular flexibility index (Phi) is 5.26. The number of sulfonamides is 1. The van der Waals surface area contributed by atoms with Gasteiger partial charge in [0.25, 0.3) is 0 Å². The number of anilines is 1. The van der Waals surface area contributed by atoms with Gasteiger partial charge in [0, 0.05) is 12.7 Å². The Balaban J connectivity index is 1.93. The first-order chi connectivity index (χ1) is 10.1. The molecule has 4 N–H and O–H groups in total. The molecule has 0 atom stereocenters. The van der Waals surface area contributed by atoms with Crippen molar-refractivity contribution in [3.8, 4) is 0 Å². The zero-order chi connectivity index (χ0) is 15.1. The molecule has 0 radical (unpaired) electrons. The Morgan fingerprint density at radius 2 is 1.86 bits per heavy atom. The number of nitrogens with zero attached hydrogens (tertiary/aromatic N) is 1. The molecule has 7 heteroatoms. The molecule has 0 amide bonds. The van der Waals surface area contributed by atoms with Gasteiger partial charge in [-0.25, -0.2) is 24.0 Å². The first-order valence-electron chi connectivity index (χ1n) is 6.59. The normalized spacial score (nSPS) is 11.3. The lowest BCUT2D eigenvalue weighted by Crippen LogP contribution is -2.27. The number of hydrogen-bond acceptors (Lipinski definition) is 5. The van der Waals surface area contributed by atoms with E-state index in [-0.39, 0.29) is 10.7 Å². The van der Waals surface area contributed by atoms with Crippen molar-refractivity contribution in [2.75, 3.05) is 12.0 Å². The van der Waals surface area contributed by atoms with Gasteiger partial charge in [-0.3, -0.25) is 0 Å². The van der Waals surface area contributed by atoms with Crippen LogP contribution in [0.2, 0.25) is 0 Å². The molecule has 0 saturated heterocycles.